The van der Waals surface area contributed by atoms with Crippen LogP contribution in [0.1, 0.15) is 39.4 Å². The van der Waals surface area contributed by atoms with Crippen molar-refractivity contribution < 1.29 is 13.5 Å². The molecule has 0 spiro atoms. The molecule has 0 saturated carbocycles. The highest BCUT2D eigenvalue weighted by Crippen LogP contribution is 2.18. The molecule has 1 aromatic carbocycles. The molecule has 0 aliphatic heterocycles. The number of benzene rings is 1. The van der Waals surface area contributed by atoms with Crippen LogP contribution in [-0.2, 0) is 10.0 Å². The number of rotatable bonds is 5. The van der Waals surface area contributed by atoms with Crippen LogP contribution in [0.3, 0.4) is 0 Å². The fourth-order valence-electron chi connectivity index (χ4n) is 1.39. The van der Waals surface area contributed by atoms with Crippen molar-refractivity contribution >= 4 is 10.0 Å². The third-order valence-electron chi connectivity index (χ3n) is 2.99. The first-order valence-electron chi connectivity index (χ1n) is 6.04. The molecule has 0 heterocycles. The Morgan fingerprint density at radius 2 is 1.78 bits per heavy atom. The van der Waals surface area contributed by atoms with E-state index in [1.807, 2.05) is 20.8 Å². The molecule has 5 heteroatoms. The summed E-state index contributed by atoms with van der Waals surface area (Å²) >= 11 is 0. The van der Waals surface area contributed by atoms with E-state index in [9.17, 15) is 13.5 Å². The Labute approximate surface area is 109 Å². The van der Waals surface area contributed by atoms with Gasteiger partial charge in [0.05, 0.1) is 11.0 Å². The van der Waals surface area contributed by atoms with Crippen molar-refractivity contribution in [2.24, 2.45) is 5.92 Å². The summed E-state index contributed by atoms with van der Waals surface area (Å²) in [5.41, 5.74) is 0.593. The Bertz CT molecular complexity index is 495. The summed E-state index contributed by atoms with van der Waals surface area (Å²) in [6.07, 6.45) is -0.678. The topological polar surface area (TPSA) is 66.4 Å². The van der Waals surface area contributed by atoms with Gasteiger partial charge in [-0.1, -0.05) is 26.0 Å². The maximum Gasteiger partial charge on any atom is 0.240 e. The molecule has 0 aliphatic rings. The van der Waals surface area contributed by atoms with Gasteiger partial charge in [0.1, 0.15) is 0 Å². The minimum atomic E-state index is -3.52. The lowest BCUT2D eigenvalue weighted by atomic mass is 10.1. The molecule has 0 aliphatic carbocycles. The number of nitrogens with one attached hydrogen (secondary N) is 1. The molecule has 2 unspecified atom stereocenters. The molecule has 0 radical (unpaired) electrons. The molecule has 0 aromatic heterocycles. The van der Waals surface area contributed by atoms with E-state index in [1.165, 1.54) is 12.1 Å². The lowest BCUT2D eigenvalue weighted by molar-refractivity contribution is 0.199. The average Bonchev–Trinajstić information content (AvgIpc) is 2.28. The van der Waals surface area contributed by atoms with Gasteiger partial charge >= 0.3 is 0 Å². The first-order valence-corrected chi connectivity index (χ1v) is 7.52. The maximum atomic E-state index is 12.1. The molecule has 1 aromatic rings. The predicted molar refractivity (Wildman–Crippen MR) is 71.7 cm³/mol. The maximum absolute atomic E-state index is 12.1. The molecule has 102 valence electrons. The predicted octanol–water partition coefficient (Wildman–Crippen LogP) is 2.06. The molecule has 18 heavy (non-hydrogen) atoms. The van der Waals surface area contributed by atoms with Crippen LogP contribution >= 0.6 is 0 Å². The number of aliphatic hydroxyl groups excluding tert-OH is 1. The number of aliphatic hydroxyl groups is 1. The van der Waals surface area contributed by atoms with E-state index in [2.05, 4.69) is 4.72 Å². The zero-order valence-electron chi connectivity index (χ0n) is 11.2. The molecule has 0 bridgehead atoms. The van der Waals surface area contributed by atoms with Gasteiger partial charge in [0, 0.05) is 6.04 Å². The summed E-state index contributed by atoms with van der Waals surface area (Å²) in [5.74, 6) is 0.222. The van der Waals surface area contributed by atoms with Gasteiger partial charge in [0.15, 0.2) is 0 Å². The van der Waals surface area contributed by atoms with Gasteiger partial charge in [-0.3, -0.25) is 0 Å². The highest BCUT2D eigenvalue weighted by molar-refractivity contribution is 7.89. The van der Waals surface area contributed by atoms with E-state index in [-0.39, 0.29) is 16.9 Å². The molecule has 0 fully saturated rings. The fourth-order valence-corrected chi connectivity index (χ4v) is 2.84. The normalized spacial score (nSPS) is 15.7. The molecule has 2 N–H and O–H groups in total. The minimum Gasteiger partial charge on any atom is -0.389 e. The smallest absolute Gasteiger partial charge is 0.240 e. The van der Waals surface area contributed by atoms with Crippen LogP contribution in [0.5, 0.6) is 0 Å². The lowest BCUT2D eigenvalue weighted by Gasteiger charge is -2.18. The number of sulfonamides is 1. The fraction of sp³-hybridized carbons (Fsp3) is 0.538. The van der Waals surface area contributed by atoms with Crippen molar-refractivity contribution in [2.45, 2.75) is 44.7 Å². The number of hydrogen-bond acceptors (Lipinski definition) is 3. The monoisotopic (exact) mass is 271 g/mol. The Kier molecular flexibility index (Phi) is 4.90. The third kappa shape index (κ3) is 3.80. The minimum absolute atomic E-state index is 0.134. The van der Waals surface area contributed by atoms with Gasteiger partial charge in [-0.2, -0.15) is 0 Å². The van der Waals surface area contributed by atoms with Crippen molar-refractivity contribution in [3.05, 3.63) is 29.8 Å². The summed E-state index contributed by atoms with van der Waals surface area (Å²) in [6.45, 7) is 7.36. The van der Waals surface area contributed by atoms with Crippen molar-refractivity contribution in [3.63, 3.8) is 0 Å². The van der Waals surface area contributed by atoms with E-state index in [1.54, 1.807) is 19.1 Å². The molecule has 0 amide bonds. The molecule has 1 rings (SSSR count). The second-order valence-corrected chi connectivity index (χ2v) is 6.62. The van der Waals surface area contributed by atoms with Crippen molar-refractivity contribution in [2.75, 3.05) is 0 Å². The van der Waals surface area contributed by atoms with Gasteiger partial charge in [0.2, 0.25) is 10.0 Å². The quantitative estimate of drug-likeness (QED) is 0.861. The van der Waals surface area contributed by atoms with Crippen molar-refractivity contribution in [1.29, 1.82) is 0 Å². The summed E-state index contributed by atoms with van der Waals surface area (Å²) in [6, 6.07) is 6.23. The molecular formula is C13H21NO3S. The molecule has 4 nitrogen and oxygen atoms in total. The van der Waals surface area contributed by atoms with Crippen molar-refractivity contribution in [1.82, 2.24) is 4.72 Å². The van der Waals surface area contributed by atoms with Gasteiger partial charge < -0.3 is 5.11 Å². The average molecular weight is 271 g/mol. The van der Waals surface area contributed by atoms with Gasteiger partial charge in [-0.05, 0) is 37.5 Å². The van der Waals surface area contributed by atoms with Crippen LogP contribution in [0.25, 0.3) is 0 Å². The first-order chi connectivity index (χ1) is 8.24. The zero-order chi connectivity index (χ0) is 13.9. The van der Waals surface area contributed by atoms with Gasteiger partial charge in [-0.15, -0.1) is 0 Å². The standard InChI is InChI=1S/C13H21NO3S/c1-9(2)10(3)14-18(16,17)13-7-5-6-12(8-13)11(4)15/h5-11,14-15H,1-4H3. The largest absolute Gasteiger partial charge is 0.389 e. The van der Waals surface area contributed by atoms with Crippen LogP contribution < -0.4 is 4.72 Å². The lowest BCUT2D eigenvalue weighted by Crippen LogP contribution is -2.36. The van der Waals surface area contributed by atoms with Crippen LogP contribution in [-0.4, -0.2) is 19.6 Å². The third-order valence-corrected chi connectivity index (χ3v) is 4.55. The van der Waals surface area contributed by atoms with E-state index in [0.29, 0.717) is 5.56 Å². The Balaban J connectivity index is 3.02. The summed E-state index contributed by atoms with van der Waals surface area (Å²) in [4.78, 5) is 0.188. The van der Waals surface area contributed by atoms with Crippen LogP contribution in [0, 0.1) is 5.92 Å². The second kappa shape index (κ2) is 5.82. The summed E-state index contributed by atoms with van der Waals surface area (Å²) in [7, 11) is -3.52. The van der Waals surface area contributed by atoms with E-state index < -0.39 is 16.1 Å². The van der Waals surface area contributed by atoms with Gasteiger partial charge in [0.25, 0.3) is 0 Å². The first kappa shape index (κ1) is 15.1. The van der Waals surface area contributed by atoms with Gasteiger partial charge in [-0.25, -0.2) is 13.1 Å². The van der Waals surface area contributed by atoms with E-state index in [4.69, 9.17) is 0 Å². The van der Waals surface area contributed by atoms with E-state index >= 15 is 0 Å². The molecule has 0 saturated heterocycles. The summed E-state index contributed by atoms with van der Waals surface area (Å²) in [5, 5.41) is 9.47. The van der Waals surface area contributed by atoms with Crippen LogP contribution in [0.2, 0.25) is 0 Å². The van der Waals surface area contributed by atoms with Crippen LogP contribution in [0.15, 0.2) is 29.2 Å². The second-order valence-electron chi connectivity index (χ2n) is 4.90. The summed E-state index contributed by atoms with van der Waals surface area (Å²) < 4.78 is 26.9. The Hall–Kier alpha value is -0.910. The molecular weight excluding hydrogens is 250 g/mol. The Morgan fingerprint density at radius 3 is 2.28 bits per heavy atom. The number of hydrogen-bond donors (Lipinski definition) is 2. The Morgan fingerprint density at radius 1 is 1.17 bits per heavy atom. The SMILES string of the molecule is CC(O)c1cccc(S(=O)(=O)NC(C)C(C)C)c1. The molecule has 2 atom stereocenters. The van der Waals surface area contributed by atoms with E-state index in [0.717, 1.165) is 0 Å². The highest BCUT2D eigenvalue weighted by Gasteiger charge is 2.19. The highest BCUT2D eigenvalue weighted by atomic mass is 32.2. The van der Waals surface area contributed by atoms with Crippen LogP contribution in [0.4, 0.5) is 0 Å². The zero-order valence-corrected chi connectivity index (χ0v) is 12.0. The van der Waals surface area contributed by atoms with Crippen molar-refractivity contribution in [3.8, 4) is 0 Å².